The molecule has 1 aromatic carbocycles. The number of esters is 1. The van der Waals surface area contributed by atoms with Crippen molar-refractivity contribution in [3.05, 3.63) is 41.5 Å². The molecule has 0 atom stereocenters. The van der Waals surface area contributed by atoms with E-state index in [0.717, 1.165) is 5.56 Å². The van der Waals surface area contributed by atoms with Gasteiger partial charge < -0.3 is 4.74 Å². The number of allylic oxidation sites excluding steroid dienone is 1. The zero-order valence-corrected chi connectivity index (χ0v) is 8.49. The van der Waals surface area contributed by atoms with Crippen LogP contribution in [-0.2, 0) is 4.74 Å². The molecular weight excluding hydrogens is 176 g/mol. The molecule has 0 fully saturated rings. The van der Waals surface area contributed by atoms with Crippen molar-refractivity contribution < 1.29 is 9.53 Å². The minimum atomic E-state index is -0.264. The Morgan fingerprint density at radius 2 is 2.00 bits per heavy atom. The van der Waals surface area contributed by atoms with Crippen LogP contribution < -0.4 is 0 Å². The summed E-state index contributed by atoms with van der Waals surface area (Å²) < 4.78 is 4.87. The van der Waals surface area contributed by atoms with Gasteiger partial charge in [-0.15, -0.1) is 0 Å². The Kier molecular flexibility index (Phi) is 3.92. The van der Waals surface area contributed by atoms with Crippen molar-refractivity contribution in [1.82, 2.24) is 0 Å². The Morgan fingerprint density at radius 3 is 2.50 bits per heavy atom. The van der Waals surface area contributed by atoms with Gasteiger partial charge in [-0.1, -0.05) is 24.3 Å². The zero-order valence-electron chi connectivity index (χ0n) is 8.49. The molecule has 0 aliphatic rings. The summed E-state index contributed by atoms with van der Waals surface area (Å²) >= 11 is 0. The molecule has 0 saturated heterocycles. The van der Waals surface area contributed by atoms with E-state index < -0.39 is 0 Å². The van der Waals surface area contributed by atoms with E-state index >= 15 is 0 Å². The van der Waals surface area contributed by atoms with Gasteiger partial charge in [-0.05, 0) is 31.5 Å². The van der Waals surface area contributed by atoms with Crippen molar-refractivity contribution in [2.45, 2.75) is 13.8 Å². The summed E-state index contributed by atoms with van der Waals surface area (Å²) in [6, 6.07) is 7.33. The predicted octanol–water partition coefficient (Wildman–Crippen LogP) is 2.90. The van der Waals surface area contributed by atoms with Gasteiger partial charge in [0.25, 0.3) is 0 Å². The molecule has 0 N–H and O–H groups in total. The topological polar surface area (TPSA) is 26.3 Å². The van der Waals surface area contributed by atoms with Crippen LogP contribution in [0.2, 0.25) is 0 Å². The molecular formula is C12H14O2. The van der Waals surface area contributed by atoms with Gasteiger partial charge in [0.05, 0.1) is 12.2 Å². The largest absolute Gasteiger partial charge is 0.462 e. The highest BCUT2D eigenvalue weighted by molar-refractivity contribution is 5.89. The van der Waals surface area contributed by atoms with Crippen molar-refractivity contribution in [2.75, 3.05) is 6.61 Å². The first-order valence-corrected chi connectivity index (χ1v) is 4.67. The van der Waals surface area contributed by atoms with Gasteiger partial charge >= 0.3 is 5.97 Å². The third-order valence-electron chi connectivity index (χ3n) is 1.78. The number of hydrogen-bond acceptors (Lipinski definition) is 2. The van der Waals surface area contributed by atoms with E-state index in [-0.39, 0.29) is 5.97 Å². The lowest BCUT2D eigenvalue weighted by molar-refractivity contribution is 0.0526. The van der Waals surface area contributed by atoms with E-state index in [1.807, 2.05) is 31.2 Å². The van der Waals surface area contributed by atoms with Gasteiger partial charge in [-0.2, -0.15) is 0 Å². The van der Waals surface area contributed by atoms with Crippen LogP contribution in [0, 0.1) is 0 Å². The Morgan fingerprint density at radius 1 is 1.36 bits per heavy atom. The van der Waals surface area contributed by atoms with Crippen LogP contribution in [0.5, 0.6) is 0 Å². The third-order valence-corrected chi connectivity index (χ3v) is 1.78. The van der Waals surface area contributed by atoms with Crippen LogP contribution in [-0.4, -0.2) is 12.6 Å². The second-order valence-electron chi connectivity index (χ2n) is 2.84. The maximum atomic E-state index is 11.3. The number of rotatable bonds is 3. The highest BCUT2D eigenvalue weighted by atomic mass is 16.5. The molecule has 14 heavy (non-hydrogen) atoms. The minimum Gasteiger partial charge on any atom is -0.462 e. The fourth-order valence-electron chi connectivity index (χ4n) is 1.14. The quantitative estimate of drug-likeness (QED) is 0.685. The van der Waals surface area contributed by atoms with Gasteiger partial charge in [-0.3, -0.25) is 0 Å². The summed E-state index contributed by atoms with van der Waals surface area (Å²) in [6.07, 6.45) is 3.94. The summed E-state index contributed by atoms with van der Waals surface area (Å²) in [5.41, 5.74) is 1.68. The van der Waals surface area contributed by atoms with Gasteiger partial charge in [0.15, 0.2) is 0 Å². The molecule has 0 aliphatic heterocycles. The Labute approximate surface area is 84.2 Å². The maximum absolute atomic E-state index is 11.3. The molecule has 0 radical (unpaired) electrons. The third kappa shape index (κ3) is 2.73. The molecule has 0 spiro atoms. The highest BCUT2D eigenvalue weighted by Gasteiger charge is 2.04. The van der Waals surface area contributed by atoms with E-state index in [0.29, 0.717) is 12.2 Å². The van der Waals surface area contributed by atoms with Crippen LogP contribution in [0.1, 0.15) is 29.8 Å². The van der Waals surface area contributed by atoms with Crippen LogP contribution in [0.3, 0.4) is 0 Å². The predicted molar refractivity (Wildman–Crippen MR) is 57.1 cm³/mol. The first-order valence-electron chi connectivity index (χ1n) is 4.67. The second-order valence-corrected chi connectivity index (χ2v) is 2.84. The molecule has 0 aliphatic carbocycles. The van der Waals surface area contributed by atoms with E-state index in [2.05, 4.69) is 0 Å². The van der Waals surface area contributed by atoms with Crippen LogP contribution >= 0.6 is 0 Å². The van der Waals surface area contributed by atoms with Crippen LogP contribution in [0.15, 0.2) is 30.3 Å². The standard InChI is InChI=1S/C12H14O2/c1-3-5-10-6-8-11(9-7-10)12(13)14-4-2/h3,5-9H,4H2,1-2H3/b5-3-. The van der Waals surface area contributed by atoms with Gasteiger partial charge in [0, 0.05) is 0 Å². The van der Waals surface area contributed by atoms with E-state index in [9.17, 15) is 4.79 Å². The lowest BCUT2D eigenvalue weighted by Gasteiger charge is -2.01. The number of benzene rings is 1. The summed E-state index contributed by atoms with van der Waals surface area (Å²) in [5.74, 6) is -0.264. The smallest absolute Gasteiger partial charge is 0.338 e. The number of ether oxygens (including phenoxy) is 1. The Hall–Kier alpha value is -1.57. The lowest BCUT2D eigenvalue weighted by Crippen LogP contribution is -2.03. The molecule has 1 aromatic rings. The average molecular weight is 190 g/mol. The molecule has 0 saturated carbocycles. The monoisotopic (exact) mass is 190 g/mol. The van der Waals surface area contributed by atoms with Crippen molar-refractivity contribution in [2.24, 2.45) is 0 Å². The SMILES string of the molecule is C/C=C\c1ccc(C(=O)OCC)cc1. The van der Waals surface area contributed by atoms with Gasteiger partial charge in [0.1, 0.15) is 0 Å². The van der Waals surface area contributed by atoms with Crippen LogP contribution in [0.25, 0.3) is 6.08 Å². The van der Waals surface area contributed by atoms with Crippen molar-refractivity contribution in [1.29, 1.82) is 0 Å². The summed E-state index contributed by atoms with van der Waals surface area (Å²) in [6.45, 7) is 4.17. The molecule has 0 bridgehead atoms. The minimum absolute atomic E-state index is 0.264. The highest BCUT2D eigenvalue weighted by Crippen LogP contribution is 2.07. The summed E-state index contributed by atoms with van der Waals surface area (Å²) in [7, 11) is 0. The lowest BCUT2D eigenvalue weighted by atomic mass is 10.1. The normalized spacial score (nSPS) is 10.4. The van der Waals surface area contributed by atoms with Crippen molar-refractivity contribution >= 4 is 12.0 Å². The molecule has 0 aromatic heterocycles. The second kappa shape index (κ2) is 5.22. The number of carbonyl (C=O) groups is 1. The first-order chi connectivity index (χ1) is 6.77. The van der Waals surface area contributed by atoms with E-state index in [1.165, 1.54) is 0 Å². The van der Waals surface area contributed by atoms with Crippen molar-refractivity contribution in [3.8, 4) is 0 Å². The molecule has 74 valence electrons. The fourth-order valence-corrected chi connectivity index (χ4v) is 1.14. The number of carbonyl (C=O) groups excluding carboxylic acids is 1. The van der Waals surface area contributed by atoms with Crippen LogP contribution in [0.4, 0.5) is 0 Å². The maximum Gasteiger partial charge on any atom is 0.338 e. The van der Waals surface area contributed by atoms with Gasteiger partial charge in [-0.25, -0.2) is 4.79 Å². The van der Waals surface area contributed by atoms with E-state index in [1.54, 1.807) is 19.1 Å². The Balaban J connectivity index is 2.77. The first kappa shape index (κ1) is 10.5. The zero-order chi connectivity index (χ0) is 10.4. The fraction of sp³-hybridized carbons (Fsp3) is 0.250. The molecule has 1 rings (SSSR count). The number of hydrogen-bond donors (Lipinski definition) is 0. The molecule has 0 amide bonds. The molecule has 0 heterocycles. The molecule has 2 heteroatoms. The summed E-state index contributed by atoms with van der Waals surface area (Å²) in [5, 5.41) is 0. The summed E-state index contributed by atoms with van der Waals surface area (Å²) in [4.78, 5) is 11.3. The van der Waals surface area contributed by atoms with Gasteiger partial charge in [0.2, 0.25) is 0 Å². The molecule has 2 nitrogen and oxygen atoms in total. The van der Waals surface area contributed by atoms with E-state index in [4.69, 9.17) is 4.74 Å². The molecule has 0 unspecified atom stereocenters. The Bertz CT molecular complexity index is 323. The average Bonchev–Trinajstić information content (AvgIpc) is 2.20. The van der Waals surface area contributed by atoms with Crippen molar-refractivity contribution in [3.63, 3.8) is 0 Å².